The molecule has 1 aliphatic carbocycles. The Labute approximate surface area is 157 Å². The minimum Gasteiger partial charge on any atom is -0.358 e. The summed E-state index contributed by atoms with van der Waals surface area (Å²) in [7, 11) is 4.33. The molecule has 1 fully saturated rings. The van der Waals surface area contributed by atoms with Crippen LogP contribution in [0.25, 0.3) is 0 Å². The molecule has 2 aliphatic rings. The van der Waals surface area contributed by atoms with Crippen LogP contribution < -0.4 is 10.2 Å². The number of nitrogens with one attached hydrogen (secondary N) is 1. The maximum Gasteiger partial charge on any atom is 0.270 e. The SMILES string of the molecule is CC(C)Cc1nc2c(c(N(C)CCN(C)C3CCCC3)n1)CCNC2=O. The van der Waals surface area contributed by atoms with Gasteiger partial charge in [-0.1, -0.05) is 26.7 Å². The molecule has 3 rings (SSSR count). The first kappa shape index (κ1) is 19.1. The summed E-state index contributed by atoms with van der Waals surface area (Å²) in [6.07, 6.45) is 6.96. The van der Waals surface area contributed by atoms with Crippen molar-refractivity contribution in [2.24, 2.45) is 5.92 Å². The summed E-state index contributed by atoms with van der Waals surface area (Å²) in [5.74, 6) is 2.13. The summed E-state index contributed by atoms with van der Waals surface area (Å²) in [4.78, 5) is 26.4. The molecule has 1 aliphatic heterocycles. The van der Waals surface area contributed by atoms with Crippen molar-refractivity contribution < 1.29 is 4.79 Å². The first-order valence-electron chi connectivity index (χ1n) is 10.0. The van der Waals surface area contributed by atoms with Gasteiger partial charge in [0.15, 0.2) is 0 Å². The summed E-state index contributed by atoms with van der Waals surface area (Å²) in [6, 6.07) is 0.727. The standard InChI is InChI=1S/C20H33N5O/c1-14(2)13-17-22-18-16(9-10-21-20(18)26)19(23-17)25(4)12-11-24(3)15-7-5-6-8-15/h14-15H,5-13H2,1-4H3,(H,21,26). The van der Waals surface area contributed by atoms with Crippen LogP contribution in [0.4, 0.5) is 5.82 Å². The quantitative estimate of drug-likeness (QED) is 0.809. The summed E-state index contributed by atoms with van der Waals surface area (Å²) < 4.78 is 0. The first-order valence-corrected chi connectivity index (χ1v) is 10.0. The van der Waals surface area contributed by atoms with Gasteiger partial charge in [-0.25, -0.2) is 9.97 Å². The van der Waals surface area contributed by atoms with Crippen molar-refractivity contribution in [1.29, 1.82) is 0 Å². The molecule has 1 saturated carbocycles. The Morgan fingerprint density at radius 2 is 1.88 bits per heavy atom. The molecule has 1 aromatic rings. The second-order valence-electron chi connectivity index (χ2n) is 8.23. The van der Waals surface area contributed by atoms with Crippen LogP contribution >= 0.6 is 0 Å². The molecule has 6 heteroatoms. The number of likely N-dealkylation sites (N-methyl/N-ethyl adjacent to an activating group) is 2. The minimum atomic E-state index is -0.0589. The molecule has 26 heavy (non-hydrogen) atoms. The molecule has 0 radical (unpaired) electrons. The van der Waals surface area contributed by atoms with E-state index in [1.165, 1.54) is 25.7 Å². The molecule has 6 nitrogen and oxygen atoms in total. The average Bonchev–Trinajstić information content (AvgIpc) is 3.14. The van der Waals surface area contributed by atoms with Gasteiger partial charge in [0.25, 0.3) is 5.91 Å². The molecule has 0 bridgehead atoms. The number of amides is 1. The van der Waals surface area contributed by atoms with Crippen molar-refractivity contribution in [3.05, 3.63) is 17.1 Å². The highest BCUT2D eigenvalue weighted by Gasteiger charge is 2.26. The van der Waals surface area contributed by atoms with Crippen molar-refractivity contribution in [2.75, 3.05) is 38.6 Å². The highest BCUT2D eigenvalue weighted by atomic mass is 16.1. The average molecular weight is 360 g/mol. The van der Waals surface area contributed by atoms with Crippen molar-refractivity contribution in [1.82, 2.24) is 20.2 Å². The number of rotatable bonds is 7. The van der Waals surface area contributed by atoms with Crippen LogP contribution in [0.5, 0.6) is 0 Å². The van der Waals surface area contributed by atoms with Crippen LogP contribution in [0, 0.1) is 5.92 Å². The Bertz CT molecular complexity index is 639. The van der Waals surface area contributed by atoms with Gasteiger partial charge in [-0.05, 0) is 32.2 Å². The molecule has 0 aromatic carbocycles. The van der Waals surface area contributed by atoms with E-state index in [0.29, 0.717) is 18.2 Å². The fourth-order valence-corrected chi connectivity index (χ4v) is 4.03. The molecule has 1 amide bonds. The molecule has 0 unspecified atom stereocenters. The summed E-state index contributed by atoms with van der Waals surface area (Å²) in [5.41, 5.74) is 1.58. The van der Waals surface area contributed by atoms with Crippen molar-refractivity contribution in [3.63, 3.8) is 0 Å². The van der Waals surface area contributed by atoms with Crippen LogP contribution in [-0.4, -0.2) is 60.5 Å². The summed E-state index contributed by atoms with van der Waals surface area (Å²) in [6.45, 7) is 6.91. The molecule has 0 saturated heterocycles. The lowest BCUT2D eigenvalue weighted by atomic mass is 10.0. The van der Waals surface area contributed by atoms with E-state index in [1.54, 1.807) is 0 Å². The molecule has 1 aromatic heterocycles. The normalized spacial score (nSPS) is 17.7. The van der Waals surface area contributed by atoms with E-state index in [-0.39, 0.29) is 5.91 Å². The van der Waals surface area contributed by atoms with E-state index in [2.05, 4.69) is 48.0 Å². The third kappa shape index (κ3) is 4.34. The largest absolute Gasteiger partial charge is 0.358 e. The zero-order valence-corrected chi connectivity index (χ0v) is 16.7. The van der Waals surface area contributed by atoms with Crippen LogP contribution in [0.1, 0.15) is 61.4 Å². The maximum absolute atomic E-state index is 12.3. The fourth-order valence-electron chi connectivity index (χ4n) is 4.03. The molecule has 0 atom stereocenters. The number of hydrogen-bond acceptors (Lipinski definition) is 5. The molecule has 1 N–H and O–H groups in total. The second kappa shape index (κ2) is 8.33. The third-order valence-electron chi connectivity index (χ3n) is 5.60. The minimum absolute atomic E-state index is 0.0589. The monoisotopic (exact) mass is 359 g/mol. The van der Waals surface area contributed by atoms with E-state index in [4.69, 9.17) is 4.98 Å². The van der Waals surface area contributed by atoms with E-state index in [0.717, 1.165) is 49.2 Å². The van der Waals surface area contributed by atoms with Gasteiger partial charge in [-0.15, -0.1) is 0 Å². The Morgan fingerprint density at radius 3 is 2.58 bits per heavy atom. The zero-order valence-electron chi connectivity index (χ0n) is 16.7. The highest BCUT2D eigenvalue weighted by molar-refractivity contribution is 5.96. The predicted molar refractivity (Wildman–Crippen MR) is 105 cm³/mol. The highest BCUT2D eigenvalue weighted by Crippen LogP contribution is 2.25. The Hall–Kier alpha value is -1.69. The maximum atomic E-state index is 12.3. The number of aromatic nitrogens is 2. The van der Waals surface area contributed by atoms with E-state index >= 15 is 0 Å². The smallest absolute Gasteiger partial charge is 0.270 e. The summed E-state index contributed by atoms with van der Waals surface area (Å²) >= 11 is 0. The number of nitrogens with zero attached hydrogens (tertiary/aromatic N) is 4. The molecular weight excluding hydrogens is 326 g/mol. The molecule has 2 heterocycles. The van der Waals surface area contributed by atoms with Gasteiger partial charge in [0.05, 0.1) is 0 Å². The Morgan fingerprint density at radius 1 is 1.15 bits per heavy atom. The van der Waals surface area contributed by atoms with Crippen LogP contribution in [0.15, 0.2) is 0 Å². The third-order valence-corrected chi connectivity index (χ3v) is 5.60. The number of carbonyl (C=O) groups is 1. The number of carbonyl (C=O) groups excluding carboxylic acids is 1. The van der Waals surface area contributed by atoms with E-state index < -0.39 is 0 Å². The topological polar surface area (TPSA) is 61.4 Å². The van der Waals surface area contributed by atoms with E-state index in [9.17, 15) is 4.79 Å². The van der Waals surface area contributed by atoms with Gasteiger partial charge in [-0.3, -0.25) is 4.79 Å². The molecule has 144 valence electrons. The van der Waals surface area contributed by atoms with Crippen LogP contribution in [0.3, 0.4) is 0 Å². The number of anilines is 1. The number of fused-ring (bicyclic) bond motifs is 1. The predicted octanol–water partition coefficient (Wildman–Crippen LogP) is 2.27. The summed E-state index contributed by atoms with van der Waals surface area (Å²) in [5, 5.41) is 2.92. The van der Waals surface area contributed by atoms with Crippen LogP contribution in [-0.2, 0) is 12.8 Å². The van der Waals surface area contributed by atoms with Crippen molar-refractivity contribution >= 4 is 11.7 Å². The molecule has 0 spiro atoms. The van der Waals surface area contributed by atoms with Gasteiger partial charge in [0.1, 0.15) is 17.3 Å². The van der Waals surface area contributed by atoms with Crippen LogP contribution in [0.2, 0.25) is 0 Å². The lowest BCUT2D eigenvalue weighted by Crippen LogP contribution is -2.39. The Kier molecular flexibility index (Phi) is 6.12. The first-order chi connectivity index (χ1) is 12.5. The zero-order chi connectivity index (χ0) is 18.7. The van der Waals surface area contributed by atoms with Gasteiger partial charge in [0.2, 0.25) is 0 Å². The Balaban J connectivity index is 1.77. The van der Waals surface area contributed by atoms with Gasteiger partial charge in [0, 0.05) is 44.7 Å². The van der Waals surface area contributed by atoms with E-state index in [1.807, 2.05) is 0 Å². The second-order valence-corrected chi connectivity index (χ2v) is 8.23. The van der Waals surface area contributed by atoms with Gasteiger partial charge >= 0.3 is 0 Å². The van der Waals surface area contributed by atoms with Crippen molar-refractivity contribution in [3.8, 4) is 0 Å². The lowest BCUT2D eigenvalue weighted by molar-refractivity contribution is 0.0940. The number of hydrogen-bond donors (Lipinski definition) is 1. The van der Waals surface area contributed by atoms with Gasteiger partial charge in [-0.2, -0.15) is 0 Å². The fraction of sp³-hybridized carbons (Fsp3) is 0.750. The lowest BCUT2D eigenvalue weighted by Gasteiger charge is -2.29. The van der Waals surface area contributed by atoms with Gasteiger partial charge < -0.3 is 15.1 Å². The van der Waals surface area contributed by atoms with Crippen molar-refractivity contribution in [2.45, 2.75) is 58.4 Å². The molecular formula is C20H33N5O.